The first kappa shape index (κ1) is 18.7. The third kappa shape index (κ3) is 4.37. The molecule has 1 aromatic heterocycles. The number of rotatable bonds is 6. The molecule has 134 valence electrons. The summed E-state index contributed by atoms with van der Waals surface area (Å²) in [5.74, 6) is 0. The first-order chi connectivity index (χ1) is 12.0. The Bertz CT molecular complexity index is 802. The van der Waals surface area contributed by atoms with E-state index in [4.69, 9.17) is 11.6 Å². The SMILES string of the molecule is CCC(Sc1ccc(S(=O)(=O)N2CCCC2)cn1)c1ccc(Cl)cc1. The number of halogens is 1. The van der Waals surface area contributed by atoms with Crippen molar-refractivity contribution in [3.63, 3.8) is 0 Å². The van der Waals surface area contributed by atoms with Crippen LogP contribution in [0.2, 0.25) is 5.02 Å². The Kier molecular flexibility index (Phi) is 6.04. The molecule has 0 bridgehead atoms. The molecule has 25 heavy (non-hydrogen) atoms. The number of benzene rings is 1. The lowest BCUT2D eigenvalue weighted by atomic mass is 10.1. The maximum Gasteiger partial charge on any atom is 0.244 e. The second kappa shape index (κ2) is 8.08. The number of sulfonamides is 1. The topological polar surface area (TPSA) is 50.3 Å². The largest absolute Gasteiger partial charge is 0.249 e. The van der Waals surface area contributed by atoms with Gasteiger partial charge in [-0.1, -0.05) is 42.4 Å². The van der Waals surface area contributed by atoms with Crippen LogP contribution < -0.4 is 0 Å². The number of nitrogens with zero attached hydrogens (tertiary/aromatic N) is 2. The minimum atomic E-state index is -3.40. The van der Waals surface area contributed by atoms with Gasteiger partial charge in [-0.05, 0) is 49.1 Å². The van der Waals surface area contributed by atoms with Crippen molar-refractivity contribution in [1.82, 2.24) is 9.29 Å². The van der Waals surface area contributed by atoms with Crippen molar-refractivity contribution in [3.05, 3.63) is 53.2 Å². The molecular weight excluding hydrogens is 376 g/mol. The van der Waals surface area contributed by atoms with E-state index in [9.17, 15) is 8.42 Å². The zero-order valence-corrected chi connectivity index (χ0v) is 16.4. The average Bonchev–Trinajstić information content (AvgIpc) is 3.16. The smallest absolute Gasteiger partial charge is 0.244 e. The molecule has 1 aliphatic heterocycles. The van der Waals surface area contributed by atoms with Crippen LogP contribution >= 0.6 is 23.4 Å². The molecule has 1 aliphatic rings. The first-order valence-electron chi connectivity index (χ1n) is 8.39. The minimum Gasteiger partial charge on any atom is -0.249 e. The fourth-order valence-corrected chi connectivity index (χ4v) is 5.48. The number of aromatic nitrogens is 1. The van der Waals surface area contributed by atoms with E-state index >= 15 is 0 Å². The predicted molar refractivity (Wildman–Crippen MR) is 103 cm³/mol. The van der Waals surface area contributed by atoms with E-state index in [0.29, 0.717) is 13.1 Å². The zero-order chi connectivity index (χ0) is 17.9. The number of pyridine rings is 1. The van der Waals surface area contributed by atoms with Crippen LogP contribution in [-0.4, -0.2) is 30.8 Å². The summed E-state index contributed by atoms with van der Waals surface area (Å²) in [5, 5.41) is 1.80. The maximum absolute atomic E-state index is 12.5. The Morgan fingerprint density at radius 2 is 1.84 bits per heavy atom. The van der Waals surface area contributed by atoms with Crippen LogP contribution in [-0.2, 0) is 10.0 Å². The van der Waals surface area contributed by atoms with Crippen LogP contribution in [0.25, 0.3) is 0 Å². The molecule has 0 spiro atoms. The molecule has 2 heterocycles. The van der Waals surface area contributed by atoms with Crippen LogP contribution in [0, 0.1) is 0 Å². The van der Waals surface area contributed by atoms with Gasteiger partial charge in [0.25, 0.3) is 0 Å². The highest BCUT2D eigenvalue weighted by molar-refractivity contribution is 7.99. The molecule has 0 radical (unpaired) electrons. The fraction of sp³-hybridized carbons (Fsp3) is 0.389. The molecular formula is C18H21ClN2O2S2. The summed E-state index contributed by atoms with van der Waals surface area (Å²) >= 11 is 7.59. The molecule has 1 unspecified atom stereocenters. The minimum absolute atomic E-state index is 0.255. The summed E-state index contributed by atoms with van der Waals surface area (Å²) in [6, 6.07) is 11.3. The van der Waals surface area contributed by atoms with E-state index in [-0.39, 0.29) is 10.1 Å². The number of hydrogen-bond acceptors (Lipinski definition) is 4. The molecule has 0 aliphatic carbocycles. The van der Waals surface area contributed by atoms with Gasteiger partial charge in [0.2, 0.25) is 10.0 Å². The van der Waals surface area contributed by atoms with Gasteiger partial charge in [0, 0.05) is 29.6 Å². The van der Waals surface area contributed by atoms with Crippen molar-refractivity contribution in [1.29, 1.82) is 0 Å². The van der Waals surface area contributed by atoms with Crippen LogP contribution in [0.5, 0.6) is 0 Å². The summed E-state index contributed by atoms with van der Waals surface area (Å²) in [6.45, 7) is 3.33. The highest BCUT2D eigenvalue weighted by atomic mass is 35.5. The second-order valence-electron chi connectivity index (χ2n) is 6.01. The van der Waals surface area contributed by atoms with Gasteiger partial charge in [0.05, 0.1) is 5.03 Å². The molecule has 0 N–H and O–H groups in total. The van der Waals surface area contributed by atoms with E-state index in [1.54, 1.807) is 28.2 Å². The fourth-order valence-electron chi connectivity index (χ4n) is 2.88. The Morgan fingerprint density at radius 1 is 1.16 bits per heavy atom. The lowest BCUT2D eigenvalue weighted by molar-refractivity contribution is 0.477. The van der Waals surface area contributed by atoms with Gasteiger partial charge in [0.1, 0.15) is 4.90 Å². The number of thioether (sulfide) groups is 1. The standard InChI is InChI=1S/C18H21ClN2O2S2/c1-2-17(14-5-7-15(19)8-6-14)24-18-10-9-16(13-20-18)25(22,23)21-11-3-4-12-21/h5-10,13,17H,2-4,11-12H2,1H3. The van der Waals surface area contributed by atoms with Crippen molar-refractivity contribution >= 4 is 33.4 Å². The summed E-state index contributed by atoms with van der Waals surface area (Å²) in [7, 11) is -3.40. The Balaban J connectivity index is 1.74. The van der Waals surface area contributed by atoms with Gasteiger partial charge in [0.15, 0.2) is 0 Å². The lowest BCUT2D eigenvalue weighted by Crippen LogP contribution is -2.27. The molecule has 1 saturated heterocycles. The summed E-state index contributed by atoms with van der Waals surface area (Å²) in [4.78, 5) is 4.65. The monoisotopic (exact) mass is 396 g/mol. The second-order valence-corrected chi connectivity index (χ2v) is 9.61. The molecule has 1 atom stereocenters. The van der Waals surface area contributed by atoms with Crippen LogP contribution in [0.3, 0.4) is 0 Å². The van der Waals surface area contributed by atoms with E-state index in [0.717, 1.165) is 29.3 Å². The van der Waals surface area contributed by atoms with Crippen molar-refractivity contribution in [2.45, 2.75) is 41.4 Å². The van der Waals surface area contributed by atoms with Crippen molar-refractivity contribution in [2.24, 2.45) is 0 Å². The maximum atomic E-state index is 12.5. The van der Waals surface area contributed by atoms with Crippen molar-refractivity contribution in [3.8, 4) is 0 Å². The lowest BCUT2D eigenvalue weighted by Gasteiger charge is -2.16. The van der Waals surface area contributed by atoms with E-state index in [1.165, 1.54) is 11.8 Å². The summed E-state index contributed by atoms with van der Waals surface area (Å²) < 4.78 is 26.6. The third-order valence-electron chi connectivity index (χ3n) is 4.29. The van der Waals surface area contributed by atoms with Crippen LogP contribution in [0.4, 0.5) is 0 Å². The molecule has 3 rings (SSSR count). The van der Waals surface area contributed by atoms with Crippen LogP contribution in [0.1, 0.15) is 37.0 Å². The summed E-state index contributed by atoms with van der Waals surface area (Å²) in [6.07, 6.45) is 4.28. The molecule has 1 fully saturated rings. The van der Waals surface area contributed by atoms with Gasteiger partial charge in [-0.25, -0.2) is 13.4 Å². The van der Waals surface area contributed by atoms with Crippen molar-refractivity contribution in [2.75, 3.05) is 13.1 Å². The third-order valence-corrected chi connectivity index (χ3v) is 7.79. The van der Waals surface area contributed by atoms with Gasteiger partial charge in [-0.2, -0.15) is 4.31 Å². The average molecular weight is 397 g/mol. The molecule has 7 heteroatoms. The predicted octanol–water partition coefficient (Wildman–Crippen LogP) is 4.76. The molecule has 0 amide bonds. The normalized spacial score (nSPS) is 16.9. The van der Waals surface area contributed by atoms with Crippen molar-refractivity contribution < 1.29 is 8.42 Å². The van der Waals surface area contributed by atoms with E-state index in [2.05, 4.69) is 11.9 Å². The van der Waals surface area contributed by atoms with Crippen LogP contribution in [0.15, 0.2) is 52.5 Å². The number of hydrogen-bond donors (Lipinski definition) is 0. The Morgan fingerprint density at radius 3 is 2.40 bits per heavy atom. The van der Waals surface area contributed by atoms with E-state index in [1.807, 2.05) is 24.3 Å². The summed E-state index contributed by atoms with van der Waals surface area (Å²) in [5.41, 5.74) is 1.19. The van der Waals surface area contributed by atoms with Gasteiger partial charge in [-0.3, -0.25) is 0 Å². The van der Waals surface area contributed by atoms with Gasteiger partial charge < -0.3 is 0 Å². The molecule has 4 nitrogen and oxygen atoms in total. The zero-order valence-electron chi connectivity index (χ0n) is 14.1. The quantitative estimate of drug-likeness (QED) is 0.660. The molecule has 2 aromatic rings. The van der Waals surface area contributed by atoms with Gasteiger partial charge >= 0.3 is 0 Å². The Hall–Kier alpha value is -1.08. The first-order valence-corrected chi connectivity index (χ1v) is 11.1. The van der Waals surface area contributed by atoms with Gasteiger partial charge in [-0.15, -0.1) is 0 Å². The van der Waals surface area contributed by atoms with E-state index < -0.39 is 10.0 Å². The molecule has 1 aromatic carbocycles. The highest BCUT2D eigenvalue weighted by Crippen LogP contribution is 2.37. The highest BCUT2D eigenvalue weighted by Gasteiger charge is 2.27. The molecule has 0 saturated carbocycles. The Labute approximate surface area is 158 Å².